The van der Waals surface area contributed by atoms with Gasteiger partial charge in [-0.2, -0.15) is 0 Å². The zero-order valence-electron chi connectivity index (χ0n) is 16.9. The van der Waals surface area contributed by atoms with Crippen LogP contribution in [0.25, 0.3) is 0 Å². The Kier molecular flexibility index (Phi) is 6.00. The highest BCUT2D eigenvalue weighted by molar-refractivity contribution is 5.90. The van der Waals surface area contributed by atoms with Crippen LogP contribution in [0.15, 0.2) is 4.79 Å². The van der Waals surface area contributed by atoms with Crippen molar-refractivity contribution in [3.63, 3.8) is 0 Å². The van der Waals surface area contributed by atoms with Crippen molar-refractivity contribution in [1.82, 2.24) is 29.9 Å². The van der Waals surface area contributed by atoms with Gasteiger partial charge in [0, 0.05) is 51.7 Å². The van der Waals surface area contributed by atoms with E-state index in [1.165, 1.54) is 19.9 Å². The number of aryl methyl sites for hydroxylation is 1. The molecule has 1 aromatic heterocycles. The lowest BCUT2D eigenvalue weighted by Crippen LogP contribution is -2.47. The number of carbonyl (C=O) groups is 2. The Morgan fingerprint density at radius 3 is 2.55 bits per heavy atom. The van der Waals surface area contributed by atoms with Gasteiger partial charge in [-0.3, -0.25) is 19.5 Å². The third kappa shape index (κ3) is 4.87. The molecule has 2 N–H and O–H groups in total. The molecule has 1 aliphatic carbocycles. The van der Waals surface area contributed by atoms with E-state index in [1.807, 2.05) is 4.90 Å². The molecule has 4 rings (SSSR count). The van der Waals surface area contributed by atoms with Crippen LogP contribution in [0, 0.1) is 5.92 Å². The lowest BCUT2D eigenvalue weighted by atomic mass is 10.1. The minimum Gasteiger partial charge on any atom is -0.378 e. The molecule has 3 aliphatic rings. The predicted octanol–water partition coefficient (Wildman–Crippen LogP) is -0.670. The average molecular weight is 406 g/mol. The number of likely N-dealkylation sites (tertiary alicyclic amines) is 1. The van der Waals surface area contributed by atoms with E-state index < -0.39 is 5.69 Å². The van der Waals surface area contributed by atoms with Crippen LogP contribution >= 0.6 is 0 Å². The van der Waals surface area contributed by atoms with Gasteiger partial charge >= 0.3 is 5.69 Å². The van der Waals surface area contributed by atoms with Crippen molar-refractivity contribution in [2.75, 3.05) is 39.4 Å². The Morgan fingerprint density at radius 1 is 1.17 bits per heavy atom. The van der Waals surface area contributed by atoms with E-state index in [-0.39, 0.29) is 29.7 Å². The second-order valence-corrected chi connectivity index (χ2v) is 8.33. The second-order valence-electron chi connectivity index (χ2n) is 8.33. The molecule has 2 amide bonds. The number of aromatic nitrogens is 3. The molecule has 3 fully saturated rings. The highest BCUT2D eigenvalue weighted by Gasteiger charge is 2.38. The highest BCUT2D eigenvalue weighted by Crippen LogP contribution is 2.35. The maximum absolute atomic E-state index is 12.7. The van der Waals surface area contributed by atoms with E-state index in [1.54, 1.807) is 0 Å². The number of carbonyl (C=O) groups excluding carboxylic acids is 2. The molecule has 2 atom stereocenters. The second kappa shape index (κ2) is 8.66. The van der Waals surface area contributed by atoms with Crippen LogP contribution in [0.2, 0.25) is 0 Å². The number of nitrogens with zero attached hydrogens (tertiary/aromatic N) is 4. The van der Waals surface area contributed by atoms with Crippen LogP contribution in [0.4, 0.5) is 0 Å². The molecule has 160 valence electrons. The van der Waals surface area contributed by atoms with Crippen LogP contribution in [0.1, 0.15) is 42.7 Å². The number of morpholine rings is 1. The first-order valence-corrected chi connectivity index (χ1v) is 10.5. The number of H-pyrrole nitrogens is 1. The molecule has 29 heavy (non-hydrogen) atoms. The molecule has 0 aromatic carbocycles. The summed E-state index contributed by atoms with van der Waals surface area (Å²) in [5.74, 6) is 0.569. The summed E-state index contributed by atoms with van der Waals surface area (Å²) >= 11 is 0. The molecule has 3 heterocycles. The zero-order valence-corrected chi connectivity index (χ0v) is 16.9. The van der Waals surface area contributed by atoms with Gasteiger partial charge in [0.1, 0.15) is 0 Å². The fourth-order valence-corrected chi connectivity index (χ4v) is 4.29. The maximum atomic E-state index is 12.7. The van der Waals surface area contributed by atoms with E-state index in [9.17, 15) is 14.4 Å². The number of hydrogen-bond acceptors (Lipinski definition) is 6. The summed E-state index contributed by atoms with van der Waals surface area (Å²) in [6.07, 6.45) is 4.94. The topological polar surface area (TPSA) is 113 Å². The van der Waals surface area contributed by atoms with Gasteiger partial charge in [-0.25, -0.2) is 9.48 Å². The molecule has 2 saturated heterocycles. The molecule has 0 spiro atoms. The van der Waals surface area contributed by atoms with Crippen molar-refractivity contribution in [3.8, 4) is 0 Å². The third-order valence-corrected chi connectivity index (χ3v) is 6.19. The Balaban J connectivity index is 1.34. The van der Waals surface area contributed by atoms with Crippen molar-refractivity contribution in [3.05, 3.63) is 16.3 Å². The first kappa shape index (κ1) is 20.1. The van der Waals surface area contributed by atoms with Gasteiger partial charge in [0.05, 0.1) is 13.2 Å². The van der Waals surface area contributed by atoms with Crippen LogP contribution in [-0.2, 0) is 16.6 Å². The monoisotopic (exact) mass is 406 g/mol. The third-order valence-electron chi connectivity index (χ3n) is 6.19. The van der Waals surface area contributed by atoms with Crippen LogP contribution in [0.3, 0.4) is 0 Å². The maximum Gasteiger partial charge on any atom is 0.343 e. The SMILES string of the molecule is Cn1nc(C(=O)NC[C@@H]2CC[C@H](CC(=O)N3CCOCC3)N2CC2CC2)[nH]c1=O. The van der Waals surface area contributed by atoms with Gasteiger partial charge in [0.25, 0.3) is 5.91 Å². The molecule has 0 radical (unpaired) electrons. The van der Waals surface area contributed by atoms with Crippen molar-refractivity contribution in [2.24, 2.45) is 13.0 Å². The van der Waals surface area contributed by atoms with Gasteiger partial charge in [-0.1, -0.05) is 0 Å². The molecule has 1 saturated carbocycles. The highest BCUT2D eigenvalue weighted by atomic mass is 16.5. The molecule has 0 bridgehead atoms. The first-order chi connectivity index (χ1) is 14.0. The fourth-order valence-electron chi connectivity index (χ4n) is 4.29. The first-order valence-electron chi connectivity index (χ1n) is 10.5. The van der Waals surface area contributed by atoms with Gasteiger partial charge in [-0.15, -0.1) is 5.10 Å². The van der Waals surface area contributed by atoms with Crippen molar-refractivity contribution in [1.29, 1.82) is 0 Å². The Bertz CT molecular complexity index is 795. The summed E-state index contributed by atoms with van der Waals surface area (Å²) in [4.78, 5) is 43.3. The molecule has 10 heteroatoms. The molecular weight excluding hydrogens is 376 g/mol. The largest absolute Gasteiger partial charge is 0.378 e. The van der Waals surface area contributed by atoms with Gasteiger partial charge in [0.15, 0.2) is 0 Å². The summed E-state index contributed by atoms with van der Waals surface area (Å²) < 4.78 is 6.45. The summed E-state index contributed by atoms with van der Waals surface area (Å²) in [5.41, 5.74) is -0.409. The standard InChI is InChI=1S/C19H30N6O4/c1-23-19(28)21-17(22-23)18(27)20-11-15-5-4-14(25(15)12-13-2-3-13)10-16(26)24-6-8-29-9-7-24/h13-15H,2-12H2,1H3,(H,20,27)(H,21,22,28)/t14-,15+/m1/s1. The summed E-state index contributed by atoms with van der Waals surface area (Å²) in [6.45, 7) is 4.07. The fraction of sp³-hybridized carbons (Fsp3) is 0.789. The van der Waals surface area contributed by atoms with Gasteiger partial charge in [0.2, 0.25) is 11.7 Å². The molecule has 2 aliphatic heterocycles. The van der Waals surface area contributed by atoms with E-state index in [0.29, 0.717) is 45.2 Å². The Labute approximate surface area is 169 Å². The van der Waals surface area contributed by atoms with Crippen molar-refractivity contribution < 1.29 is 14.3 Å². The summed E-state index contributed by atoms with van der Waals surface area (Å²) in [5, 5.41) is 6.81. The van der Waals surface area contributed by atoms with Gasteiger partial charge in [-0.05, 0) is 31.6 Å². The molecular formula is C19H30N6O4. The zero-order chi connectivity index (χ0) is 20.4. The molecule has 0 unspecified atom stereocenters. The summed E-state index contributed by atoms with van der Waals surface area (Å²) in [6, 6.07) is 0.431. The Morgan fingerprint density at radius 2 is 1.90 bits per heavy atom. The quantitative estimate of drug-likeness (QED) is 0.621. The van der Waals surface area contributed by atoms with Crippen molar-refractivity contribution >= 4 is 11.8 Å². The predicted molar refractivity (Wildman–Crippen MR) is 104 cm³/mol. The number of ether oxygens (including phenoxy) is 1. The average Bonchev–Trinajstić information content (AvgIpc) is 3.38. The molecule has 10 nitrogen and oxygen atoms in total. The number of aromatic amines is 1. The van der Waals surface area contributed by atoms with E-state index >= 15 is 0 Å². The number of hydrogen-bond donors (Lipinski definition) is 2. The smallest absolute Gasteiger partial charge is 0.343 e. The van der Waals surface area contributed by atoms with Crippen molar-refractivity contribution in [2.45, 2.75) is 44.2 Å². The van der Waals surface area contributed by atoms with E-state index in [4.69, 9.17) is 4.74 Å². The van der Waals surface area contributed by atoms with E-state index in [2.05, 4.69) is 20.3 Å². The minimum atomic E-state index is -0.409. The minimum absolute atomic E-state index is 0.0308. The number of nitrogens with one attached hydrogen (secondary N) is 2. The Hall–Kier alpha value is -2.20. The van der Waals surface area contributed by atoms with Gasteiger partial charge < -0.3 is 15.0 Å². The molecule has 1 aromatic rings. The summed E-state index contributed by atoms with van der Waals surface area (Å²) in [7, 11) is 1.50. The lowest BCUT2D eigenvalue weighted by molar-refractivity contribution is -0.136. The van der Waals surface area contributed by atoms with Crippen LogP contribution in [0.5, 0.6) is 0 Å². The van der Waals surface area contributed by atoms with E-state index in [0.717, 1.165) is 24.1 Å². The number of rotatable bonds is 7. The number of amides is 2. The lowest BCUT2D eigenvalue weighted by Gasteiger charge is -2.32. The normalized spacial score (nSPS) is 25.3. The van der Waals surface area contributed by atoms with Crippen LogP contribution < -0.4 is 11.0 Å². The van der Waals surface area contributed by atoms with Crippen LogP contribution in [-0.4, -0.2) is 87.9 Å².